The number of benzene rings is 4. The Labute approximate surface area is 290 Å². The van der Waals surface area contributed by atoms with Crippen molar-refractivity contribution in [2.75, 3.05) is 16.8 Å². The fourth-order valence-corrected chi connectivity index (χ4v) is 7.84. The van der Waals surface area contributed by atoms with Gasteiger partial charge in [-0.25, -0.2) is 0 Å². The van der Waals surface area contributed by atoms with Crippen LogP contribution in [0.1, 0.15) is 30.4 Å². The Morgan fingerprint density at radius 3 is 2.31 bits per heavy atom. The first-order valence-corrected chi connectivity index (χ1v) is 16.9. The number of nitrogens with zero attached hydrogens (tertiary/aromatic N) is 1. The van der Waals surface area contributed by atoms with Gasteiger partial charge in [0.05, 0.1) is 35.3 Å². The van der Waals surface area contributed by atoms with Gasteiger partial charge in [-0.1, -0.05) is 60.1 Å². The van der Waals surface area contributed by atoms with Gasteiger partial charge in [0.25, 0.3) is 0 Å². The summed E-state index contributed by atoms with van der Waals surface area (Å²) in [6.45, 7) is -0.267. The van der Waals surface area contributed by atoms with E-state index in [0.29, 0.717) is 29.1 Å². The molecule has 2 heterocycles. The number of imide groups is 1. The van der Waals surface area contributed by atoms with E-state index in [-0.39, 0.29) is 36.9 Å². The summed E-state index contributed by atoms with van der Waals surface area (Å²) in [6.07, 6.45) is 2.81. The lowest BCUT2D eigenvalue weighted by Gasteiger charge is -2.43. The summed E-state index contributed by atoms with van der Waals surface area (Å²) in [5.74, 6) is -2.26. The van der Waals surface area contributed by atoms with Gasteiger partial charge in [-0.05, 0) is 120 Å². The molecule has 248 valence electrons. The zero-order valence-electron chi connectivity index (χ0n) is 26.7. The first-order valence-electron chi connectivity index (χ1n) is 16.5. The van der Waals surface area contributed by atoms with Crippen LogP contribution < -0.4 is 10.2 Å². The molecule has 49 heavy (non-hydrogen) atoms. The second-order valence-electron chi connectivity index (χ2n) is 12.8. The molecular weight excluding hydrogens is 639 g/mol. The molecule has 10 heteroatoms. The fraction of sp³-hybridized carbons (Fsp3) is 0.231. The number of hydrogen-bond acceptors (Lipinski definition) is 7. The smallest absolute Gasteiger partial charge is 0.455 e. The van der Waals surface area contributed by atoms with Crippen molar-refractivity contribution in [1.29, 1.82) is 0 Å². The van der Waals surface area contributed by atoms with Crippen LogP contribution in [0, 0.1) is 17.8 Å². The molecule has 2 saturated heterocycles. The van der Waals surface area contributed by atoms with E-state index in [1.165, 1.54) is 11.0 Å². The van der Waals surface area contributed by atoms with E-state index in [1.54, 1.807) is 24.3 Å². The zero-order valence-corrected chi connectivity index (χ0v) is 27.5. The number of carbonyl (C=O) groups is 2. The molecule has 8 nitrogen and oxygen atoms in total. The Bertz CT molecular complexity index is 1920. The lowest BCUT2D eigenvalue weighted by atomic mass is 9.58. The van der Waals surface area contributed by atoms with Gasteiger partial charge in [-0.15, -0.1) is 0 Å². The number of hydrogen-bond donors (Lipinski definition) is 4. The zero-order chi connectivity index (χ0) is 34.1. The highest BCUT2D eigenvalue weighted by molar-refractivity contribution is 6.43. The SMILES string of the molecule is O=C1[C@@H]2[C@@H](CC(CO)=C3[C@@H](CC/C(=C/c4ccc(O)cc4Cl)c4ccccc4)OB(O)C[C@@H]32)C(=O)N1c1ccc(Nc2ccccc2)cc1. The van der Waals surface area contributed by atoms with Crippen LogP contribution >= 0.6 is 11.6 Å². The maximum absolute atomic E-state index is 14.1. The average molecular weight is 675 g/mol. The van der Waals surface area contributed by atoms with Crippen molar-refractivity contribution in [1.82, 2.24) is 0 Å². The number of amides is 2. The number of anilines is 3. The highest BCUT2D eigenvalue weighted by Crippen LogP contribution is 2.51. The molecule has 4 aromatic rings. The van der Waals surface area contributed by atoms with Crippen LogP contribution in [0.3, 0.4) is 0 Å². The van der Waals surface area contributed by atoms with Gasteiger partial charge in [-0.2, -0.15) is 0 Å². The van der Waals surface area contributed by atoms with Crippen molar-refractivity contribution in [3.8, 4) is 5.75 Å². The summed E-state index contributed by atoms with van der Waals surface area (Å²) < 4.78 is 6.13. The maximum Gasteiger partial charge on any atom is 0.455 e. The summed E-state index contributed by atoms with van der Waals surface area (Å²) in [5, 5.41) is 35.2. The van der Waals surface area contributed by atoms with Gasteiger partial charge in [0.15, 0.2) is 0 Å². The van der Waals surface area contributed by atoms with E-state index in [4.69, 9.17) is 16.3 Å². The maximum atomic E-state index is 14.1. The number of halogens is 1. The lowest BCUT2D eigenvalue weighted by Crippen LogP contribution is -2.46. The molecule has 2 aliphatic heterocycles. The highest BCUT2D eigenvalue weighted by atomic mass is 35.5. The Morgan fingerprint density at radius 2 is 1.61 bits per heavy atom. The van der Waals surface area contributed by atoms with Gasteiger partial charge in [-0.3, -0.25) is 14.5 Å². The van der Waals surface area contributed by atoms with Gasteiger partial charge >= 0.3 is 7.12 Å². The van der Waals surface area contributed by atoms with Gasteiger partial charge in [0, 0.05) is 11.4 Å². The van der Waals surface area contributed by atoms with Crippen LogP contribution in [0.5, 0.6) is 5.75 Å². The van der Waals surface area contributed by atoms with Crippen LogP contribution in [0.4, 0.5) is 17.1 Å². The number of aliphatic hydroxyl groups is 1. The predicted molar refractivity (Wildman–Crippen MR) is 192 cm³/mol. The van der Waals surface area contributed by atoms with Crippen molar-refractivity contribution in [3.63, 3.8) is 0 Å². The third kappa shape index (κ3) is 6.67. The quantitative estimate of drug-likeness (QED) is 0.0647. The molecule has 7 rings (SSSR count). The van der Waals surface area contributed by atoms with Crippen molar-refractivity contribution in [2.45, 2.75) is 31.7 Å². The molecule has 4 aromatic carbocycles. The van der Waals surface area contributed by atoms with Crippen molar-refractivity contribution >= 4 is 59.2 Å². The molecule has 4 atom stereocenters. The van der Waals surface area contributed by atoms with E-state index in [0.717, 1.165) is 33.6 Å². The number of phenols is 1. The van der Waals surface area contributed by atoms with Crippen LogP contribution in [0.15, 0.2) is 114 Å². The number of carbonyl (C=O) groups excluding carboxylic acids is 2. The minimum absolute atomic E-state index is 0.0775. The number of allylic oxidation sites excluding steroid dienone is 1. The van der Waals surface area contributed by atoms with Crippen molar-refractivity contribution in [3.05, 3.63) is 130 Å². The second kappa shape index (κ2) is 14.1. The monoisotopic (exact) mass is 674 g/mol. The number of aliphatic hydroxyl groups excluding tert-OH is 1. The molecule has 0 aromatic heterocycles. The summed E-state index contributed by atoms with van der Waals surface area (Å²) in [6, 6.07) is 31.6. The third-order valence-electron chi connectivity index (χ3n) is 9.82. The predicted octanol–water partition coefficient (Wildman–Crippen LogP) is 7.10. The largest absolute Gasteiger partial charge is 0.508 e. The number of nitrogens with one attached hydrogen (secondary N) is 1. The highest BCUT2D eigenvalue weighted by Gasteiger charge is 2.57. The Hall–Kier alpha value is -4.67. The van der Waals surface area contributed by atoms with E-state index in [1.807, 2.05) is 78.9 Å². The first kappa shape index (κ1) is 32.9. The molecular formula is C39H36BClN2O6. The van der Waals surface area contributed by atoms with E-state index in [2.05, 4.69) is 5.32 Å². The Balaban J connectivity index is 1.15. The van der Waals surface area contributed by atoms with E-state index < -0.39 is 31.0 Å². The summed E-state index contributed by atoms with van der Waals surface area (Å²) in [5.41, 5.74) is 6.45. The summed E-state index contributed by atoms with van der Waals surface area (Å²) in [7, 11) is -1.13. The molecule has 3 aliphatic rings. The van der Waals surface area contributed by atoms with E-state index >= 15 is 0 Å². The van der Waals surface area contributed by atoms with Crippen LogP contribution in [0.2, 0.25) is 11.3 Å². The molecule has 2 fully saturated rings. The third-order valence-corrected chi connectivity index (χ3v) is 10.1. The number of fused-ring (bicyclic) bond motifs is 3. The molecule has 4 N–H and O–H groups in total. The summed E-state index contributed by atoms with van der Waals surface area (Å²) >= 11 is 6.47. The van der Waals surface area contributed by atoms with Gasteiger partial charge < -0.3 is 25.2 Å². The number of aromatic hydroxyl groups is 1. The van der Waals surface area contributed by atoms with Crippen molar-refractivity contribution < 1.29 is 29.5 Å². The fourth-order valence-electron chi connectivity index (χ4n) is 7.61. The molecule has 2 amide bonds. The van der Waals surface area contributed by atoms with Crippen molar-refractivity contribution in [2.24, 2.45) is 17.8 Å². The number of phenolic OH excluding ortho intramolecular Hbond substituents is 1. The standard InChI is InChI=1S/C39H36BClN2O6/c41-34-21-31(45)17-11-26(34)19-25(24-7-3-1-4-8-24)12-18-35-36-27(23-44)20-32-37(33(36)22-40(48)49-35)39(47)43(38(32)46)30-15-13-29(14-16-30)42-28-9-5-2-6-10-28/h1-11,13-17,19,21,32-33,35,37,42,44-45,48H,12,18,20,22-23H2/b25-19-/t32-,33+,35-,37-/m1/s1. The molecule has 0 radical (unpaired) electrons. The van der Waals surface area contributed by atoms with Gasteiger partial charge in [0.2, 0.25) is 11.8 Å². The minimum Gasteiger partial charge on any atom is -0.508 e. The van der Waals surface area contributed by atoms with E-state index in [9.17, 15) is 24.8 Å². The molecule has 0 saturated carbocycles. The molecule has 0 unspecified atom stereocenters. The number of para-hydroxylation sites is 1. The van der Waals surface area contributed by atoms with Crippen LogP contribution in [-0.4, -0.2) is 46.9 Å². The minimum atomic E-state index is -1.13. The lowest BCUT2D eigenvalue weighted by molar-refractivity contribution is -0.122. The van der Waals surface area contributed by atoms with Crippen LogP contribution in [0.25, 0.3) is 11.6 Å². The molecule has 0 bridgehead atoms. The Morgan fingerprint density at radius 1 is 0.918 bits per heavy atom. The Kier molecular flexibility index (Phi) is 9.43. The molecule has 0 spiro atoms. The topological polar surface area (TPSA) is 119 Å². The normalized spacial score (nSPS) is 22.3. The number of rotatable bonds is 9. The second-order valence-corrected chi connectivity index (χ2v) is 13.2. The summed E-state index contributed by atoms with van der Waals surface area (Å²) in [4.78, 5) is 29.3. The first-order chi connectivity index (χ1) is 23.8. The average Bonchev–Trinajstić information content (AvgIpc) is 3.36. The van der Waals surface area contributed by atoms with Gasteiger partial charge in [0.1, 0.15) is 5.75 Å². The molecule has 1 aliphatic carbocycles. The van der Waals surface area contributed by atoms with Crippen LogP contribution in [-0.2, 0) is 14.2 Å².